The first-order chi connectivity index (χ1) is 8.38. The van der Waals surface area contributed by atoms with Gasteiger partial charge in [0.25, 0.3) is 0 Å². The van der Waals surface area contributed by atoms with Gasteiger partial charge < -0.3 is 9.64 Å². The Morgan fingerprint density at radius 2 is 1.88 bits per heavy atom. The third kappa shape index (κ3) is 2.26. The van der Waals surface area contributed by atoms with Crippen LogP contribution in [-0.4, -0.2) is 20.2 Å². The molecule has 1 aliphatic heterocycles. The van der Waals surface area contributed by atoms with Gasteiger partial charge in [0.1, 0.15) is 5.75 Å². The number of benzene rings is 1. The molecule has 1 aromatic rings. The number of methoxy groups -OCH3 is 1. The van der Waals surface area contributed by atoms with Crippen molar-refractivity contribution in [2.24, 2.45) is 0 Å². The van der Waals surface area contributed by atoms with E-state index in [9.17, 15) is 0 Å². The van der Waals surface area contributed by atoms with Crippen LogP contribution in [-0.2, 0) is 0 Å². The van der Waals surface area contributed by atoms with Crippen molar-refractivity contribution in [1.29, 1.82) is 0 Å². The molecule has 17 heavy (non-hydrogen) atoms. The molecule has 0 unspecified atom stereocenters. The van der Waals surface area contributed by atoms with E-state index >= 15 is 0 Å². The van der Waals surface area contributed by atoms with E-state index in [-0.39, 0.29) is 0 Å². The number of nitrogens with zero attached hydrogens (tertiary/aromatic N) is 1. The summed E-state index contributed by atoms with van der Waals surface area (Å²) in [5.74, 6) is 1.84. The van der Waals surface area contributed by atoms with Crippen molar-refractivity contribution in [1.82, 2.24) is 0 Å². The van der Waals surface area contributed by atoms with Crippen LogP contribution in [0.2, 0.25) is 0 Å². The Bertz CT molecular complexity index is 392. The van der Waals surface area contributed by atoms with E-state index in [1.165, 1.54) is 56.4 Å². The molecule has 2 nitrogen and oxygen atoms in total. The maximum absolute atomic E-state index is 5.47. The lowest BCUT2D eigenvalue weighted by Gasteiger charge is -2.29. The number of rotatable bonds is 3. The minimum absolute atomic E-state index is 0.759. The molecule has 3 rings (SSSR count). The number of hydrogen-bond donors (Lipinski definition) is 0. The van der Waals surface area contributed by atoms with Gasteiger partial charge in [-0.15, -0.1) is 0 Å². The zero-order valence-corrected chi connectivity index (χ0v) is 10.6. The predicted molar refractivity (Wildman–Crippen MR) is 71.0 cm³/mol. The summed E-state index contributed by atoms with van der Waals surface area (Å²) in [7, 11) is 1.78. The van der Waals surface area contributed by atoms with Crippen LogP contribution in [0, 0.1) is 0 Å². The molecule has 0 atom stereocenters. The van der Waals surface area contributed by atoms with Crippen molar-refractivity contribution in [2.75, 3.05) is 25.1 Å². The molecule has 0 N–H and O–H groups in total. The van der Waals surface area contributed by atoms with Crippen molar-refractivity contribution in [3.05, 3.63) is 23.8 Å². The summed E-state index contributed by atoms with van der Waals surface area (Å²) in [6.45, 7) is 2.44. The van der Waals surface area contributed by atoms with Crippen LogP contribution < -0.4 is 9.64 Å². The molecule has 1 saturated carbocycles. The molecule has 2 aliphatic rings. The Hall–Kier alpha value is -1.18. The van der Waals surface area contributed by atoms with Crippen LogP contribution in [0.25, 0.3) is 0 Å². The van der Waals surface area contributed by atoms with Crippen molar-refractivity contribution in [2.45, 2.75) is 38.0 Å². The van der Waals surface area contributed by atoms with Crippen LogP contribution >= 0.6 is 0 Å². The number of ether oxygens (including phenoxy) is 1. The predicted octanol–water partition coefficient (Wildman–Crippen LogP) is 3.56. The molecule has 0 aromatic heterocycles. The normalized spacial score (nSPS) is 20.4. The minimum Gasteiger partial charge on any atom is -0.496 e. The summed E-state index contributed by atoms with van der Waals surface area (Å²) in [4.78, 5) is 2.52. The first-order valence-corrected chi connectivity index (χ1v) is 6.81. The first kappa shape index (κ1) is 10.9. The van der Waals surface area contributed by atoms with E-state index < -0.39 is 0 Å². The van der Waals surface area contributed by atoms with E-state index in [1.54, 1.807) is 7.11 Å². The van der Waals surface area contributed by atoms with Crippen LogP contribution in [0.1, 0.15) is 43.6 Å². The molecule has 0 radical (unpaired) electrons. The van der Waals surface area contributed by atoms with Gasteiger partial charge in [-0.25, -0.2) is 0 Å². The lowest BCUT2D eigenvalue weighted by molar-refractivity contribution is 0.409. The molecule has 1 aromatic carbocycles. The topological polar surface area (TPSA) is 12.5 Å². The van der Waals surface area contributed by atoms with Crippen LogP contribution in [0.3, 0.4) is 0 Å². The molecule has 2 heteroatoms. The van der Waals surface area contributed by atoms with Gasteiger partial charge in [0.15, 0.2) is 0 Å². The van der Waals surface area contributed by atoms with Gasteiger partial charge in [-0.1, -0.05) is 0 Å². The Kier molecular flexibility index (Phi) is 2.96. The number of anilines is 1. The number of piperidine rings is 1. The molecular weight excluding hydrogens is 210 g/mol. The SMILES string of the molecule is COc1ccc(N2CCCCC2)cc1C1CC1. The maximum Gasteiger partial charge on any atom is 0.122 e. The summed E-state index contributed by atoms with van der Waals surface area (Å²) in [5.41, 5.74) is 2.82. The third-order valence-electron chi connectivity index (χ3n) is 3.95. The van der Waals surface area contributed by atoms with Crippen LogP contribution in [0.4, 0.5) is 5.69 Å². The van der Waals surface area contributed by atoms with Gasteiger partial charge in [0.2, 0.25) is 0 Å². The Balaban J connectivity index is 1.86. The summed E-state index contributed by atoms with van der Waals surface area (Å²) < 4.78 is 5.47. The second kappa shape index (κ2) is 4.59. The maximum atomic E-state index is 5.47. The minimum atomic E-state index is 0.759. The van der Waals surface area contributed by atoms with Gasteiger partial charge in [0.05, 0.1) is 7.11 Å². The fourth-order valence-corrected chi connectivity index (χ4v) is 2.78. The van der Waals surface area contributed by atoms with Gasteiger partial charge in [0, 0.05) is 18.8 Å². The van der Waals surface area contributed by atoms with Gasteiger partial charge in [-0.2, -0.15) is 0 Å². The summed E-state index contributed by atoms with van der Waals surface area (Å²) >= 11 is 0. The number of hydrogen-bond acceptors (Lipinski definition) is 2. The first-order valence-electron chi connectivity index (χ1n) is 6.81. The second-order valence-electron chi connectivity index (χ2n) is 5.25. The highest BCUT2D eigenvalue weighted by molar-refractivity contribution is 5.55. The lowest BCUT2D eigenvalue weighted by atomic mass is 10.1. The van der Waals surface area contributed by atoms with Gasteiger partial charge >= 0.3 is 0 Å². The molecule has 0 spiro atoms. The average molecular weight is 231 g/mol. The third-order valence-corrected chi connectivity index (χ3v) is 3.95. The van der Waals surface area contributed by atoms with E-state index in [1.807, 2.05) is 0 Å². The highest BCUT2D eigenvalue weighted by Crippen LogP contribution is 2.45. The van der Waals surface area contributed by atoms with Gasteiger partial charge in [-0.3, -0.25) is 0 Å². The summed E-state index contributed by atoms with van der Waals surface area (Å²) in [6.07, 6.45) is 6.73. The molecule has 0 bridgehead atoms. The smallest absolute Gasteiger partial charge is 0.122 e. The zero-order chi connectivity index (χ0) is 11.7. The molecular formula is C15H21NO. The molecule has 1 saturated heterocycles. The highest BCUT2D eigenvalue weighted by Gasteiger charge is 2.27. The molecule has 92 valence electrons. The quantitative estimate of drug-likeness (QED) is 0.788. The van der Waals surface area contributed by atoms with Crippen molar-refractivity contribution < 1.29 is 4.74 Å². The second-order valence-corrected chi connectivity index (χ2v) is 5.25. The van der Waals surface area contributed by atoms with Crippen molar-refractivity contribution in [3.63, 3.8) is 0 Å². The van der Waals surface area contributed by atoms with E-state index in [2.05, 4.69) is 23.1 Å². The fourth-order valence-electron chi connectivity index (χ4n) is 2.78. The van der Waals surface area contributed by atoms with E-state index in [0.29, 0.717) is 0 Å². The van der Waals surface area contributed by atoms with E-state index in [4.69, 9.17) is 4.74 Å². The molecule has 1 aliphatic carbocycles. The molecule has 1 heterocycles. The van der Waals surface area contributed by atoms with Crippen molar-refractivity contribution in [3.8, 4) is 5.75 Å². The molecule has 2 fully saturated rings. The van der Waals surface area contributed by atoms with Gasteiger partial charge in [-0.05, 0) is 61.8 Å². The summed E-state index contributed by atoms with van der Waals surface area (Å²) in [5, 5.41) is 0. The Labute approximate surface area is 104 Å². The lowest BCUT2D eigenvalue weighted by Crippen LogP contribution is -2.29. The van der Waals surface area contributed by atoms with Crippen LogP contribution in [0.5, 0.6) is 5.75 Å². The van der Waals surface area contributed by atoms with Crippen LogP contribution in [0.15, 0.2) is 18.2 Å². The molecule has 0 amide bonds. The van der Waals surface area contributed by atoms with Crippen molar-refractivity contribution >= 4 is 5.69 Å². The Morgan fingerprint density at radius 3 is 2.53 bits per heavy atom. The Morgan fingerprint density at radius 1 is 1.12 bits per heavy atom. The summed E-state index contributed by atoms with van der Waals surface area (Å²) in [6, 6.07) is 6.73. The highest BCUT2D eigenvalue weighted by atomic mass is 16.5. The monoisotopic (exact) mass is 231 g/mol. The largest absolute Gasteiger partial charge is 0.496 e. The fraction of sp³-hybridized carbons (Fsp3) is 0.600. The zero-order valence-electron chi connectivity index (χ0n) is 10.6. The standard InChI is InChI=1S/C15H21NO/c1-17-15-8-7-13(11-14(15)12-5-6-12)16-9-3-2-4-10-16/h7-8,11-12H,2-6,9-10H2,1H3. The average Bonchev–Trinajstić information content (AvgIpc) is 3.23. The van der Waals surface area contributed by atoms with E-state index in [0.717, 1.165) is 11.7 Å².